The minimum Gasteiger partial charge on any atom is -0.342 e. The van der Waals surface area contributed by atoms with Gasteiger partial charge in [-0.1, -0.05) is 30.3 Å². The Labute approximate surface area is 167 Å². The molecule has 2 aromatic heterocycles. The number of amides is 1. The Morgan fingerprint density at radius 2 is 2.00 bits per heavy atom. The van der Waals surface area contributed by atoms with Crippen LogP contribution in [0.3, 0.4) is 0 Å². The predicted molar refractivity (Wildman–Crippen MR) is 108 cm³/mol. The normalized spacial score (nSPS) is 16.7. The number of carbonyl (C=O) groups excluding carboxylic acids is 1. The van der Waals surface area contributed by atoms with Gasteiger partial charge < -0.3 is 9.88 Å². The number of carbonyl (C=O) groups is 1. The number of aromatic amines is 3. The summed E-state index contributed by atoms with van der Waals surface area (Å²) in [6.07, 6.45) is 5.81. The highest BCUT2D eigenvalue weighted by Gasteiger charge is 2.27. The first kappa shape index (κ1) is 18.9. The second kappa shape index (κ2) is 8.30. The molecule has 1 aliphatic heterocycles. The number of hydrogen-bond donors (Lipinski definition) is 3. The molecule has 1 aromatic carbocycles. The number of nitrogens with one attached hydrogen (secondary N) is 3. The molecule has 1 atom stereocenters. The van der Waals surface area contributed by atoms with Gasteiger partial charge in [-0.05, 0) is 24.0 Å². The van der Waals surface area contributed by atoms with E-state index in [0.717, 1.165) is 30.5 Å². The molecule has 8 heteroatoms. The summed E-state index contributed by atoms with van der Waals surface area (Å²) in [5.41, 5.74) is 2.61. The van der Waals surface area contributed by atoms with Gasteiger partial charge in [0.1, 0.15) is 0 Å². The van der Waals surface area contributed by atoms with Crippen molar-refractivity contribution in [3.63, 3.8) is 0 Å². The molecule has 0 aliphatic carbocycles. The van der Waals surface area contributed by atoms with Crippen molar-refractivity contribution in [1.82, 2.24) is 25.1 Å². The zero-order valence-electron chi connectivity index (χ0n) is 16.0. The number of benzene rings is 1. The van der Waals surface area contributed by atoms with Crippen molar-refractivity contribution in [3.05, 3.63) is 85.9 Å². The standard InChI is InChI=1S/C21H23N5O3/c27-18(10-17-11-22-21(29)24-20(17)28)26-8-4-7-15(13-26)19-16(12-23-25-19)9-14-5-2-1-3-6-14/h1-3,5-6,11-12,15H,4,7-10,13H2,(H,23,25)(H2,22,24,28,29). The third-order valence-electron chi connectivity index (χ3n) is 5.41. The quantitative estimate of drug-likeness (QED) is 0.606. The molecule has 0 saturated carbocycles. The molecule has 1 amide bonds. The fraction of sp³-hybridized carbons (Fsp3) is 0.333. The smallest absolute Gasteiger partial charge is 0.325 e. The van der Waals surface area contributed by atoms with Crippen LogP contribution in [0.4, 0.5) is 0 Å². The molecular weight excluding hydrogens is 370 g/mol. The zero-order chi connectivity index (χ0) is 20.2. The number of H-pyrrole nitrogens is 3. The molecule has 0 bridgehead atoms. The van der Waals surface area contributed by atoms with Gasteiger partial charge in [0.25, 0.3) is 5.56 Å². The van der Waals surface area contributed by atoms with Crippen LogP contribution < -0.4 is 11.2 Å². The minimum absolute atomic E-state index is 0.0291. The van der Waals surface area contributed by atoms with Gasteiger partial charge in [-0.25, -0.2) is 4.79 Å². The van der Waals surface area contributed by atoms with E-state index in [1.807, 2.05) is 24.4 Å². The van der Waals surface area contributed by atoms with Crippen molar-refractivity contribution in [2.75, 3.05) is 13.1 Å². The molecule has 3 heterocycles. The lowest BCUT2D eigenvalue weighted by Gasteiger charge is -2.32. The Kier molecular flexibility index (Phi) is 5.41. The van der Waals surface area contributed by atoms with E-state index in [2.05, 4.69) is 32.3 Å². The van der Waals surface area contributed by atoms with Crippen LogP contribution in [-0.2, 0) is 17.6 Å². The van der Waals surface area contributed by atoms with E-state index in [1.54, 1.807) is 4.90 Å². The lowest BCUT2D eigenvalue weighted by atomic mass is 9.90. The summed E-state index contributed by atoms with van der Waals surface area (Å²) in [6, 6.07) is 10.2. The van der Waals surface area contributed by atoms with Gasteiger partial charge in [-0.3, -0.25) is 19.7 Å². The Bertz CT molecular complexity index is 1100. The maximum atomic E-state index is 12.8. The highest BCUT2D eigenvalue weighted by molar-refractivity contribution is 5.78. The summed E-state index contributed by atoms with van der Waals surface area (Å²) in [5.74, 6) is 0.0687. The maximum absolute atomic E-state index is 12.8. The van der Waals surface area contributed by atoms with Crippen LogP contribution >= 0.6 is 0 Å². The molecular formula is C21H23N5O3. The van der Waals surface area contributed by atoms with E-state index in [9.17, 15) is 14.4 Å². The molecule has 1 saturated heterocycles. The average molecular weight is 393 g/mol. The first-order valence-electron chi connectivity index (χ1n) is 9.75. The summed E-state index contributed by atoms with van der Waals surface area (Å²) in [5, 5.41) is 7.38. The van der Waals surface area contributed by atoms with Crippen LogP contribution in [0.1, 0.15) is 41.1 Å². The molecule has 1 fully saturated rings. The number of piperidine rings is 1. The Morgan fingerprint density at radius 3 is 2.79 bits per heavy atom. The van der Waals surface area contributed by atoms with Crippen molar-refractivity contribution in [1.29, 1.82) is 0 Å². The molecule has 150 valence electrons. The SMILES string of the molecule is O=C(Cc1c[nH]c(=O)[nH]c1=O)N1CCCC(c2[nH]ncc2Cc2ccccc2)C1. The van der Waals surface area contributed by atoms with Gasteiger partial charge in [0.2, 0.25) is 5.91 Å². The van der Waals surface area contributed by atoms with Crippen LogP contribution in [0.15, 0.2) is 52.3 Å². The highest BCUT2D eigenvalue weighted by Crippen LogP contribution is 2.29. The second-order valence-corrected chi connectivity index (χ2v) is 7.42. The van der Waals surface area contributed by atoms with Crippen molar-refractivity contribution < 1.29 is 4.79 Å². The Hall–Kier alpha value is -3.42. The first-order chi connectivity index (χ1) is 14.1. The predicted octanol–water partition coefficient (Wildman–Crippen LogP) is 1.33. The van der Waals surface area contributed by atoms with Crippen molar-refractivity contribution >= 4 is 5.91 Å². The van der Waals surface area contributed by atoms with E-state index in [4.69, 9.17) is 0 Å². The minimum atomic E-state index is -0.575. The molecule has 3 aromatic rings. The number of aromatic nitrogens is 4. The fourth-order valence-corrected chi connectivity index (χ4v) is 3.91. The summed E-state index contributed by atoms with van der Waals surface area (Å²) in [7, 11) is 0. The molecule has 1 unspecified atom stereocenters. The Balaban J connectivity index is 1.46. The largest absolute Gasteiger partial charge is 0.342 e. The van der Waals surface area contributed by atoms with Crippen LogP contribution in [0.5, 0.6) is 0 Å². The monoisotopic (exact) mass is 393 g/mol. The summed E-state index contributed by atoms with van der Waals surface area (Å²) >= 11 is 0. The molecule has 0 spiro atoms. The number of hydrogen-bond acceptors (Lipinski definition) is 4. The van der Waals surface area contributed by atoms with Gasteiger partial charge in [0.15, 0.2) is 0 Å². The lowest BCUT2D eigenvalue weighted by molar-refractivity contribution is -0.131. The van der Waals surface area contributed by atoms with E-state index in [-0.39, 0.29) is 23.8 Å². The third kappa shape index (κ3) is 4.37. The van der Waals surface area contributed by atoms with Gasteiger partial charge in [0.05, 0.1) is 12.6 Å². The van der Waals surface area contributed by atoms with Gasteiger partial charge >= 0.3 is 5.69 Å². The number of nitrogens with zero attached hydrogens (tertiary/aromatic N) is 2. The van der Waals surface area contributed by atoms with E-state index in [0.29, 0.717) is 13.1 Å². The molecule has 1 aliphatic rings. The lowest BCUT2D eigenvalue weighted by Crippen LogP contribution is -2.41. The van der Waals surface area contributed by atoms with Gasteiger partial charge in [-0.2, -0.15) is 5.10 Å². The molecule has 29 heavy (non-hydrogen) atoms. The first-order valence-corrected chi connectivity index (χ1v) is 9.75. The van der Waals surface area contributed by atoms with Crippen molar-refractivity contribution in [2.24, 2.45) is 0 Å². The van der Waals surface area contributed by atoms with Crippen molar-refractivity contribution in [3.8, 4) is 0 Å². The molecule has 3 N–H and O–H groups in total. The zero-order valence-corrected chi connectivity index (χ0v) is 16.0. The maximum Gasteiger partial charge on any atom is 0.325 e. The molecule has 8 nitrogen and oxygen atoms in total. The summed E-state index contributed by atoms with van der Waals surface area (Å²) in [6.45, 7) is 1.25. The van der Waals surface area contributed by atoms with Crippen LogP contribution in [0, 0.1) is 0 Å². The van der Waals surface area contributed by atoms with Crippen LogP contribution in [0.25, 0.3) is 0 Å². The molecule has 4 rings (SSSR count). The van der Waals surface area contributed by atoms with E-state index in [1.165, 1.54) is 11.8 Å². The Morgan fingerprint density at radius 1 is 1.17 bits per heavy atom. The van der Waals surface area contributed by atoms with Gasteiger partial charge in [-0.15, -0.1) is 0 Å². The summed E-state index contributed by atoms with van der Waals surface area (Å²) < 4.78 is 0. The molecule has 0 radical (unpaired) electrons. The van der Waals surface area contributed by atoms with E-state index >= 15 is 0 Å². The summed E-state index contributed by atoms with van der Waals surface area (Å²) in [4.78, 5) is 42.1. The fourth-order valence-electron chi connectivity index (χ4n) is 3.91. The van der Waals surface area contributed by atoms with E-state index < -0.39 is 11.2 Å². The van der Waals surface area contributed by atoms with Crippen LogP contribution in [0.2, 0.25) is 0 Å². The highest BCUT2D eigenvalue weighted by atomic mass is 16.2. The number of rotatable bonds is 5. The second-order valence-electron chi connectivity index (χ2n) is 7.42. The average Bonchev–Trinajstić information content (AvgIpc) is 3.19. The van der Waals surface area contributed by atoms with Crippen molar-refractivity contribution in [2.45, 2.75) is 31.6 Å². The van der Waals surface area contributed by atoms with Crippen LogP contribution in [-0.4, -0.2) is 44.1 Å². The third-order valence-corrected chi connectivity index (χ3v) is 5.41. The number of likely N-dealkylation sites (tertiary alicyclic amines) is 1. The topological polar surface area (TPSA) is 115 Å². The van der Waals surface area contributed by atoms with Gasteiger partial charge in [0, 0.05) is 42.9 Å².